The predicted molar refractivity (Wildman–Crippen MR) is 72.1 cm³/mol. The van der Waals surface area contributed by atoms with Crippen molar-refractivity contribution >= 4 is 11.7 Å². The van der Waals surface area contributed by atoms with Gasteiger partial charge in [0.15, 0.2) is 0 Å². The Hall–Kier alpha value is -2.64. The number of pyridine rings is 1. The fourth-order valence-corrected chi connectivity index (χ4v) is 2.43. The second-order valence-corrected chi connectivity index (χ2v) is 5.01. The summed E-state index contributed by atoms with van der Waals surface area (Å²) in [5, 5.41) is 13.5. The van der Waals surface area contributed by atoms with Crippen LogP contribution in [0.2, 0.25) is 0 Å². The first-order valence-electron chi connectivity index (χ1n) is 6.67. The van der Waals surface area contributed by atoms with Crippen molar-refractivity contribution in [2.75, 3.05) is 6.54 Å². The number of aromatic amines is 1. The lowest BCUT2D eigenvalue weighted by molar-refractivity contribution is -0.122. The third kappa shape index (κ3) is 2.64. The smallest absolute Gasteiger partial charge is 0.254 e. The number of ketones is 1. The first-order valence-corrected chi connectivity index (χ1v) is 6.67. The first-order chi connectivity index (χ1) is 10.1. The minimum Gasteiger partial charge on any atom is -0.335 e. The van der Waals surface area contributed by atoms with Crippen LogP contribution in [0.4, 0.5) is 0 Å². The van der Waals surface area contributed by atoms with Crippen LogP contribution in [-0.2, 0) is 4.79 Å². The van der Waals surface area contributed by atoms with Gasteiger partial charge >= 0.3 is 0 Å². The van der Waals surface area contributed by atoms with Crippen molar-refractivity contribution in [1.82, 2.24) is 30.5 Å². The van der Waals surface area contributed by atoms with Gasteiger partial charge in [0.25, 0.3) is 5.91 Å². The van der Waals surface area contributed by atoms with Crippen LogP contribution >= 0.6 is 0 Å². The zero-order chi connectivity index (χ0) is 14.8. The highest BCUT2D eigenvalue weighted by Crippen LogP contribution is 2.19. The highest BCUT2D eigenvalue weighted by Gasteiger charge is 2.28. The van der Waals surface area contributed by atoms with E-state index in [4.69, 9.17) is 0 Å². The average Bonchev–Trinajstić information content (AvgIpc) is 3.01. The zero-order valence-electron chi connectivity index (χ0n) is 11.5. The molecule has 0 aromatic carbocycles. The van der Waals surface area contributed by atoms with Gasteiger partial charge in [-0.3, -0.25) is 14.6 Å². The van der Waals surface area contributed by atoms with Gasteiger partial charge in [0.2, 0.25) is 5.82 Å². The molecular weight excluding hydrogens is 272 g/mol. The van der Waals surface area contributed by atoms with E-state index in [9.17, 15) is 9.59 Å². The first kappa shape index (κ1) is 13.3. The monoisotopic (exact) mass is 286 g/mol. The molecule has 1 atom stereocenters. The minimum absolute atomic E-state index is 0.0828. The van der Waals surface area contributed by atoms with E-state index in [1.165, 1.54) is 0 Å². The molecule has 2 aromatic rings. The maximum Gasteiger partial charge on any atom is 0.254 e. The Balaban J connectivity index is 1.85. The molecule has 1 amide bonds. The Labute approximate surface area is 120 Å². The summed E-state index contributed by atoms with van der Waals surface area (Å²) in [6.45, 7) is 2.34. The van der Waals surface area contributed by atoms with E-state index < -0.39 is 0 Å². The molecule has 0 saturated carbocycles. The van der Waals surface area contributed by atoms with Gasteiger partial charge in [-0.2, -0.15) is 5.21 Å². The fraction of sp³-hybridized carbons (Fsp3) is 0.385. The number of carbonyl (C=O) groups excluding carboxylic acids is 2. The van der Waals surface area contributed by atoms with Crippen molar-refractivity contribution < 1.29 is 9.59 Å². The molecule has 8 nitrogen and oxygen atoms in total. The number of carbonyl (C=O) groups is 2. The van der Waals surface area contributed by atoms with Crippen LogP contribution in [0.1, 0.15) is 30.1 Å². The maximum atomic E-state index is 12.6. The van der Waals surface area contributed by atoms with Crippen LogP contribution in [0.5, 0.6) is 0 Å². The summed E-state index contributed by atoms with van der Waals surface area (Å²) >= 11 is 0. The van der Waals surface area contributed by atoms with Gasteiger partial charge < -0.3 is 4.90 Å². The Kier molecular flexibility index (Phi) is 3.43. The van der Waals surface area contributed by atoms with Gasteiger partial charge in [-0.1, -0.05) is 0 Å². The van der Waals surface area contributed by atoms with Crippen LogP contribution in [-0.4, -0.2) is 54.8 Å². The largest absolute Gasteiger partial charge is 0.335 e. The number of nitrogens with zero attached hydrogens (tertiary/aromatic N) is 5. The molecule has 1 aliphatic heterocycles. The number of tetrazole rings is 1. The summed E-state index contributed by atoms with van der Waals surface area (Å²) in [4.78, 5) is 29.8. The van der Waals surface area contributed by atoms with E-state index >= 15 is 0 Å². The molecule has 0 radical (unpaired) electrons. The van der Waals surface area contributed by atoms with E-state index in [-0.39, 0.29) is 17.7 Å². The lowest BCUT2D eigenvalue weighted by Gasteiger charge is -2.32. The summed E-state index contributed by atoms with van der Waals surface area (Å²) in [7, 11) is 0. The standard InChI is InChI=1S/C13H14N6O2/c1-8-6-10(20)3-5-19(8)13(21)9-2-4-14-11(7-9)12-15-17-18-16-12/h2,4,7-8H,3,5-6H2,1H3,(H,15,16,17,18)/t8-/m1/s1. The van der Waals surface area contributed by atoms with Gasteiger partial charge in [0, 0.05) is 37.2 Å². The third-order valence-corrected chi connectivity index (χ3v) is 3.53. The van der Waals surface area contributed by atoms with Crippen molar-refractivity contribution in [2.45, 2.75) is 25.8 Å². The topological polar surface area (TPSA) is 105 Å². The van der Waals surface area contributed by atoms with Crippen molar-refractivity contribution in [3.05, 3.63) is 23.9 Å². The number of H-pyrrole nitrogens is 1. The Bertz CT molecular complexity index is 669. The molecule has 1 fully saturated rings. The number of amides is 1. The van der Waals surface area contributed by atoms with Gasteiger partial charge in [0.1, 0.15) is 11.5 Å². The van der Waals surface area contributed by atoms with Gasteiger partial charge in [-0.15, -0.1) is 10.2 Å². The predicted octanol–water partition coefficient (Wildman–Crippen LogP) is 0.455. The maximum absolute atomic E-state index is 12.6. The Morgan fingerprint density at radius 1 is 1.48 bits per heavy atom. The van der Waals surface area contributed by atoms with Crippen molar-refractivity contribution in [3.8, 4) is 11.5 Å². The van der Waals surface area contributed by atoms with E-state index in [1.54, 1.807) is 23.2 Å². The molecule has 1 saturated heterocycles. The normalized spacial score (nSPS) is 18.8. The molecule has 0 spiro atoms. The third-order valence-electron chi connectivity index (χ3n) is 3.53. The van der Waals surface area contributed by atoms with Crippen LogP contribution in [0.15, 0.2) is 18.3 Å². The molecule has 21 heavy (non-hydrogen) atoms. The quantitative estimate of drug-likeness (QED) is 0.859. The van der Waals surface area contributed by atoms with Crippen LogP contribution in [0.25, 0.3) is 11.5 Å². The van der Waals surface area contributed by atoms with E-state index in [0.29, 0.717) is 36.5 Å². The molecule has 3 rings (SSSR count). The zero-order valence-corrected chi connectivity index (χ0v) is 11.5. The fourth-order valence-electron chi connectivity index (χ4n) is 2.43. The van der Waals surface area contributed by atoms with Crippen molar-refractivity contribution in [1.29, 1.82) is 0 Å². The summed E-state index contributed by atoms with van der Waals surface area (Å²) in [6.07, 6.45) is 2.37. The average molecular weight is 286 g/mol. The van der Waals surface area contributed by atoms with Crippen LogP contribution in [0, 0.1) is 0 Å². The number of piperidine rings is 1. The van der Waals surface area contributed by atoms with E-state index in [1.807, 2.05) is 6.92 Å². The molecular formula is C13H14N6O2. The molecule has 0 unspecified atom stereocenters. The molecule has 0 aliphatic carbocycles. The molecule has 108 valence electrons. The Morgan fingerprint density at radius 2 is 2.33 bits per heavy atom. The minimum atomic E-state index is -0.109. The van der Waals surface area contributed by atoms with E-state index in [2.05, 4.69) is 25.6 Å². The summed E-state index contributed by atoms with van der Waals surface area (Å²) in [5.74, 6) is 0.433. The SMILES string of the molecule is C[C@@H]1CC(=O)CCN1C(=O)c1ccnc(-c2nn[nH]n2)c1. The molecule has 0 bridgehead atoms. The summed E-state index contributed by atoms with van der Waals surface area (Å²) in [6, 6.07) is 3.20. The lowest BCUT2D eigenvalue weighted by atomic mass is 10.0. The summed E-state index contributed by atoms with van der Waals surface area (Å²) in [5.41, 5.74) is 0.987. The number of aromatic nitrogens is 5. The lowest BCUT2D eigenvalue weighted by Crippen LogP contribution is -2.44. The molecule has 8 heteroatoms. The van der Waals surface area contributed by atoms with Gasteiger partial charge in [-0.05, 0) is 24.3 Å². The van der Waals surface area contributed by atoms with Crippen molar-refractivity contribution in [3.63, 3.8) is 0 Å². The second kappa shape index (κ2) is 5.39. The highest BCUT2D eigenvalue weighted by atomic mass is 16.2. The number of hydrogen-bond donors (Lipinski definition) is 1. The summed E-state index contributed by atoms with van der Waals surface area (Å²) < 4.78 is 0. The number of likely N-dealkylation sites (tertiary alicyclic amines) is 1. The Morgan fingerprint density at radius 3 is 3.05 bits per heavy atom. The van der Waals surface area contributed by atoms with Crippen LogP contribution in [0.3, 0.4) is 0 Å². The van der Waals surface area contributed by atoms with Crippen molar-refractivity contribution in [2.24, 2.45) is 0 Å². The molecule has 1 aliphatic rings. The second-order valence-electron chi connectivity index (χ2n) is 5.01. The molecule has 3 heterocycles. The number of hydrogen-bond acceptors (Lipinski definition) is 6. The number of Topliss-reactive ketones (excluding diaryl/α,β-unsaturated/α-hetero) is 1. The molecule has 2 aromatic heterocycles. The van der Waals surface area contributed by atoms with Gasteiger partial charge in [-0.25, -0.2) is 0 Å². The molecule has 1 N–H and O–H groups in total. The van der Waals surface area contributed by atoms with Crippen LogP contribution < -0.4 is 0 Å². The van der Waals surface area contributed by atoms with E-state index in [0.717, 1.165) is 0 Å². The highest BCUT2D eigenvalue weighted by molar-refractivity contribution is 5.96. The number of nitrogens with one attached hydrogen (secondary N) is 1. The number of rotatable bonds is 2. The van der Waals surface area contributed by atoms with Gasteiger partial charge in [0.05, 0.1) is 0 Å².